The van der Waals surface area contributed by atoms with Gasteiger partial charge in [-0.25, -0.2) is 4.79 Å². The summed E-state index contributed by atoms with van der Waals surface area (Å²) < 4.78 is 5.07. The summed E-state index contributed by atoms with van der Waals surface area (Å²) in [6, 6.07) is 8.77. The molecule has 0 aromatic heterocycles. The zero-order valence-corrected chi connectivity index (χ0v) is 10.9. The van der Waals surface area contributed by atoms with Crippen LogP contribution in [0.25, 0.3) is 0 Å². The van der Waals surface area contributed by atoms with E-state index in [0.29, 0.717) is 6.61 Å². The summed E-state index contributed by atoms with van der Waals surface area (Å²) in [5, 5.41) is 12.3. The number of carbonyl (C=O) groups excluding carboxylic acids is 1. The fraction of sp³-hybridized carbons (Fsp3) is 0.500. The van der Waals surface area contributed by atoms with Crippen molar-refractivity contribution >= 4 is 5.97 Å². The number of hydrogen-bond acceptors (Lipinski definition) is 4. The summed E-state index contributed by atoms with van der Waals surface area (Å²) in [4.78, 5) is 11.9. The molecule has 0 spiro atoms. The average Bonchev–Trinajstić information content (AvgIpc) is 2.41. The van der Waals surface area contributed by atoms with Crippen LogP contribution in [-0.4, -0.2) is 30.3 Å². The number of rotatable bonds is 7. The van der Waals surface area contributed by atoms with Crippen molar-refractivity contribution < 1.29 is 14.6 Å². The molecule has 2 N–H and O–H groups in total. The summed E-state index contributed by atoms with van der Waals surface area (Å²) in [7, 11) is 0. The third-order valence-corrected chi connectivity index (χ3v) is 2.77. The third kappa shape index (κ3) is 4.13. The van der Waals surface area contributed by atoms with Crippen molar-refractivity contribution in [2.45, 2.75) is 32.4 Å². The van der Waals surface area contributed by atoms with Gasteiger partial charge in [-0.15, -0.1) is 0 Å². The molecule has 0 aliphatic carbocycles. The molecule has 4 nitrogen and oxygen atoms in total. The van der Waals surface area contributed by atoms with E-state index in [9.17, 15) is 9.90 Å². The van der Waals surface area contributed by atoms with Gasteiger partial charge in [0.1, 0.15) is 6.04 Å². The molecule has 1 aromatic carbocycles. The Morgan fingerprint density at radius 1 is 1.33 bits per heavy atom. The van der Waals surface area contributed by atoms with Gasteiger partial charge in [-0.2, -0.15) is 0 Å². The molecule has 0 amide bonds. The van der Waals surface area contributed by atoms with E-state index in [4.69, 9.17) is 4.74 Å². The Bertz CT molecular complexity index is 349. The number of carbonyl (C=O) groups is 1. The van der Waals surface area contributed by atoms with Crippen LogP contribution in [0, 0.1) is 0 Å². The maximum absolute atomic E-state index is 11.9. The lowest BCUT2D eigenvalue weighted by Gasteiger charge is -2.22. The Labute approximate surface area is 108 Å². The van der Waals surface area contributed by atoms with Gasteiger partial charge in [-0.05, 0) is 18.9 Å². The highest BCUT2D eigenvalue weighted by molar-refractivity contribution is 5.77. The summed E-state index contributed by atoms with van der Waals surface area (Å²) in [5.74, 6) is -0.310. The lowest BCUT2D eigenvalue weighted by molar-refractivity contribution is -0.146. The fourth-order valence-corrected chi connectivity index (χ4v) is 1.71. The summed E-state index contributed by atoms with van der Waals surface area (Å²) >= 11 is 0. The van der Waals surface area contributed by atoms with E-state index in [1.165, 1.54) is 0 Å². The summed E-state index contributed by atoms with van der Waals surface area (Å²) in [5.41, 5.74) is 0.850. The number of aliphatic hydroxyl groups excluding tert-OH is 1. The van der Waals surface area contributed by atoms with Crippen molar-refractivity contribution in [3.05, 3.63) is 35.9 Å². The molecule has 1 rings (SSSR count). The molecule has 0 heterocycles. The maximum atomic E-state index is 11.9. The van der Waals surface area contributed by atoms with E-state index in [0.717, 1.165) is 12.0 Å². The minimum Gasteiger partial charge on any atom is -0.465 e. The molecule has 18 heavy (non-hydrogen) atoms. The van der Waals surface area contributed by atoms with Gasteiger partial charge in [-0.1, -0.05) is 37.3 Å². The molecular formula is C14H21NO3. The Morgan fingerprint density at radius 2 is 2.00 bits per heavy atom. The predicted molar refractivity (Wildman–Crippen MR) is 70.1 cm³/mol. The standard InChI is InChI=1S/C14H21NO3/c1-3-12(10-16)15-13(14(17)18-4-2)11-8-6-5-7-9-11/h5-9,12-13,15-16H,3-4,10H2,1-2H3. The molecule has 4 heteroatoms. The first-order valence-electron chi connectivity index (χ1n) is 6.31. The number of nitrogens with one attached hydrogen (secondary N) is 1. The highest BCUT2D eigenvalue weighted by Gasteiger charge is 2.23. The van der Waals surface area contributed by atoms with Gasteiger partial charge in [0.25, 0.3) is 0 Å². The van der Waals surface area contributed by atoms with Crippen molar-refractivity contribution in [1.82, 2.24) is 5.32 Å². The quantitative estimate of drug-likeness (QED) is 0.723. The first-order chi connectivity index (χ1) is 8.72. The highest BCUT2D eigenvalue weighted by Crippen LogP contribution is 2.15. The van der Waals surface area contributed by atoms with Crippen LogP contribution in [-0.2, 0) is 9.53 Å². The molecule has 2 atom stereocenters. The summed E-state index contributed by atoms with van der Waals surface area (Å²) in [6.45, 7) is 4.09. The minimum absolute atomic E-state index is 0.000755. The number of benzene rings is 1. The van der Waals surface area contributed by atoms with Crippen molar-refractivity contribution in [1.29, 1.82) is 0 Å². The Morgan fingerprint density at radius 3 is 2.50 bits per heavy atom. The molecule has 0 aliphatic rings. The van der Waals surface area contributed by atoms with Crippen LogP contribution in [0.3, 0.4) is 0 Å². The zero-order valence-electron chi connectivity index (χ0n) is 10.9. The van der Waals surface area contributed by atoms with Gasteiger partial charge >= 0.3 is 5.97 Å². The topological polar surface area (TPSA) is 58.6 Å². The van der Waals surface area contributed by atoms with Crippen LogP contribution in [0.4, 0.5) is 0 Å². The average molecular weight is 251 g/mol. The molecule has 2 unspecified atom stereocenters. The SMILES string of the molecule is CCOC(=O)C(NC(CC)CO)c1ccccc1. The number of aliphatic hydroxyl groups is 1. The number of esters is 1. The lowest BCUT2D eigenvalue weighted by Crippen LogP contribution is -2.39. The van der Waals surface area contributed by atoms with Crippen LogP contribution in [0.1, 0.15) is 31.9 Å². The molecule has 0 fully saturated rings. The molecule has 100 valence electrons. The molecule has 0 radical (unpaired) electrons. The second kappa shape index (κ2) is 7.84. The smallest absolute Gasteiger partial charge is 0.327 e. The van der Waals surface area contributed by atoms with E-state index in [2.05, 4.69) is 5.32 Å². The van der Waals surface area contributed by atoms with Crippen LogP contribution in [0.2, 0.25) is 0 Å². The van der Waals surface area contributed by atoms with Crippen molar-refractivity contribution in [3.8, 4) is 0 Å². The van der Waals surface area contributed by atoms with E-state index >= 15 is 0 Å². The third-order valence-electron chi connectivity index (χ3n) is 2.77. The maximum Gasteiger partial charge on any atom is 0.327 e. The minimum atomic E-state index is -0.525. The van der Waals surface area contributed by atoms with Crippen molar-refractivity contribution in [2.75, 3.05) is 13.2 Å². The predicted octanol–water partition coefficient (Wildman–Crippen LogP) is 1.65. The van der Waals surface area contributed by atoms with Crippen molar-refractivity contribution in [3.63, 3.8) is 0 Å². The molecular weight excluding hydrogens is 230 g/mol. The Hall–Kier alpha value is -1.39. The lowest BCUT2D eigenvalue weighted by atomic mass is 10.1. The normalized spacial score (nSPS) is 13.9. The van der Waals surface area contributed by atoms with Gasteiger partial charge < -0.3 is 9.84 Å². The Kier molecular flexibility index (Phi) is 6.39. The molecule has 0 saturated heterocycles. The van der Waals surface area contributed by atoms with Crippen LogP contribution < -0.4 is 5.32 Å². The molecule has 0 aliphatic heterocycles. The summed E-state index contributed by atoms with van der Waals surface area (Å²) in [6.07, 6.45) is 0.749. The zero-order chi connectivity index (χ0) is 13.4. The van der Waals surface area contributed by atoms with Crippen molar-refractivity contribution in [2.24, 2.45) is 0 Å². The van der Waals surface area contributed by atoms with Gasteiger partial charge in [0, 0.05) is 6.04 Å². The Balaban J connectivity index is 2.85. The monoisotopic (exact) mass is 251 g/mol. The van der Waals surface area contributed by atoms with Crippen LogP contribution in [0.15, 0.2) is 30.3 Å². The highest BCUT2D eigenvalue weighted by atomic mass is 16.5. The van der Waals surface area contributed by atoms with Crippen LogP contribution in [0.5, 0.6) is 0 Å². The molecule has 1 aromatic rings. The second-order valence-electron chi connectivity index (χ2n) is 4.05. The first kappa shape index (κ1) is 14.7. The largest absolute Gasteiger partial charge is 0.465 e. The molecule has 0 bridgehead atoms. The number of hydrogen-bond donors (Lipinski definition) is 2. The van der Waals surface area contributed by atoms with E-state index in [1.54, 1.807) is 6.92 Å². The van der Waals surface area contributed by atoms with E-state index in [-0.39, 0.29) is 18.6 Å². The van der Waals surface area contributed by atoms with E-state index in [1.807, 2.05) is 37.3 Å². The fourth-order valence-electron chi connectivity index (χ4n) is 1.71. The van der Waals surface area contributed by atoms with Crippen LogP contribution >= 0.6 is 0 Å². The number of ether oxygens (including phenoxy) is 1. The van der Waals surface area contributed by atoms with E-state index < -0.39 is 6.04 Å². The van der Waals surface area contributed by atoms with Gasteiger partial charge in [0.05, 0.1) is 13.2 Å². The first-order valence-corrected chi connectivity index (χ1v) is 6.31. The second-order valence-corrected chi connectivity index (χ2v) is 4.05. The van der Waals surface area contributed by atoms with Gasteiger partial charge in [0.2, 0.25) is 0 Å². The molecule has 0 saturated carbocycles. The van der Waals surface area contributed by atoms with Gasteiger partial charge in [-0.3, -0.25) is 5.32 Å². The van der Waals surface area contributed by atoms with Gasteiger partial charge in [0.15, 0.2) is 0 Å².